The fraction of sp³-hybridized carbons (Fsp3) is 0.765. The van der Waals surface area contributed by atoms with Crippen LogP contribution in [0.3, 0.4) is 0 Å². The van der Waals surface area contributed by atoms with Crippen molar-refractivity contribution in [2.45, 2.75) is 69.8 Å². The molecule has 0 amide bonds. The lowest BCUT2D eigenvalue weighted by Crippen LogP contribution is -2.40. The molecular weight excluding hydrogens is 272 g/mol. The van der Waals surface area contributed by atoms with Crippen molar-refractivity contribution in [1.82, 2.24) is 5.32 Å². The smallest absolute Gasteiger partial charge is 0.248 e. The second-order valence-electron chi connectivity index (χ2n) is 6.93. The lowest BCUT2D eigenvalue weighted by Gasteiger charge is -2.38. The number of hydrogen-bond acceptors (Lipinski definition) is 2. The molecule has 0 aromatic heterocycles. The maximum atomic E-state index is 13.3. The van der Waals surface area contributed by atoms with E-state index in [0.717, 1.165) is 18.4 Å². The lowest BCUT2D eigenvalue weighted by atomic mass is 9.73. The van der Waals surface area contributed by atoms with E-state index in [1.165, 1.54) is 25.0 Å². The van der Waals surface area contributed by atoms with Crippen molar-refractivity contribution >= 4 is 0 Å². The summed E-state index contributed by atoms with van der Waals surface area (Å²) < 4.78 is 26.5. The summed E-state index contributed by atoms with van der Waals surface area (Å²) in [4.78, 5) is 0. The van der Waals surface area contributed by atoms with Gasteiger partial charge in [0.15, 0.2) is 0 Å². The van der Waals surface area contributed by atoms with Gasteiger partial charge in [-0.3, -0.25) is 0 Å². The van der Waals surface area contributed by atoms with E-state index < -0.39 is 5.92 Å². The van der Waals surface area contributed by atoms with Crippen LogP contribution in [0.15, 0.2) is 23.4 Å². The number of nitrogens with one attached hydrogen (secondary N) is 1. The Labute approximate surface area is 125 Å². The quantitative estimate of drug-likeness (QED) is 0.827. The molecule has 21 heavy (non-hydrogen) atoms. The van der Waals surface area contributed by atoms with Crippen LogP contribution in [0.4, 0.5) is 8.78 Å². The Morgan fingerprint density at radius 3 is 2.38 bits per heavy atom. The fourth-order valence-electron chi connectivity index (χ4n) is 4.08. The maximum absolute atomic E-state index is 13.3. The van der Waals surface area contributed by atoms with Crippen LogP contribution in [0.25, 0.3) is 0 Å². The second-order valence-corrected chi connectivity index (χ2v) is 6.93. The number of allylic oxidation sites excluding steroid dienone is 1. The normalized spacial score (nSPS) is 28.3. The molecule has 0 unspecified atom stereocenters. The number of aliphatic hydroxyl groups excluding tert-OH is 1. The van der Waals surface area contributed by atoms with Gasteiger partial charge in [0.2, 0.25) is 5.92 Å². The van der Waals surface area contributed by atoms with Crippen molar-refractivity contribution in [2.75, 3.05) is 6.61 Å². The van der Waals surface area contributed by atoms with Gasteiger partial charge in [-0.2, -0.15) is 0 Å². The fourth-order valence-corrected chi connectivity index (χ4v) is 4.08. The molecule has 3 rings (SSSR count). The molecule has 0 heterocycles. The van der Waals surface area contributed by atoms with Gasteiger partial charge in [-0.15, -0.1) is 0 Å². The van der Waals surface area contributed by atoms with E-state index in [0.29, 0.717) is 12.8 Å². The van der Waals surface area contributed by atoms with Crippen molar-refractivity contribution in [3.63, 3.8) is 0 Å². The second kappa shape index (κ2) is 5.71. The minimum Gasteiger partial charge on any atom is -0.392 e. The topological polar surface area (TPSA) is 32.3 Å². The Balaban J connectivity index is 1.69. The van der Waals surface area contributed by atoms with Crippen molar-refractivity contribution in [2.24, 2.45) is 5.41 Å². The van der Waals surface area contributed by atoms with Crippen molar-refractivity contribution in [1.29, 1.82) is 0 Å². The molecule has 3 aliphatic rings. The maximum Gasteiger partial charge on any atom is 0.248 e. The molecule has 0 bridgehead atoms. The Morgan fingerprint density at radius 2 is 1.76 bits per heavy atom. The zero-order valence-electron chi connectivity index (χ0n) is 12.5. The molecule has 1 spiro atoms. The number of rotatable bonds is 3. The molecule has 2 fully saturated rings. The third-order valence-corrected chi connectivity index (χ3v) is 5.33. The summed E-state index contributed by atoms with van der Waals surface area (Å²) in [5.74, 6) is -2.47. The molecule has 2 nitrogen and oxygen atoms in total. The highest BCUT2D eigenvalue weighted by Gasteiger charge is 2.40. The number of alkyl halides is 2. The van der Waals surface area contributed by atoms with Gasteiger partial charge >= 0.3 is 0 Å². The first kappa shape index (κ1) is 15.0. The summed E-state index contributed by atoms with van der Waals surface area (Å²) in [5, 5.41) is 13.0. The van der Waals surface area contributed by atoms with Crippen LogP contribution in [0.5, 0.6) is 0 Å². The number of aliphatic hydroxyl groups is 1. The summed E-state index contributed by atoms with van der Waals surface area (Å²) >= 11 is 0. The van der Waals surface area contributed by atoms with Gasteiger partial charge in [-0.05, 0) is 37.3 Å². The van der Waals surface area contributed by atoms with Crippen LogP contribution in [0.1, 0.15) is 57.8 Å². The van der Waals surface area contributed by atoms with Crippen LogP contribution < -0.4 is 5.32 Å². The average Bonchev–Trinajstić information content (AvgIpc) is 2.80. The van der Waals surface area contributed by atoms with Crippen LogP contribution in [0, 0.1) is 5.41 Å². The standard InChI is InChI=1S/C17H25F2NO/c18-17(19)8-4-14(5-9-17)20-15-10-13(12-21)11-16(15)6-2-1-3-7-16/h10-11,14,20-21H,1-9,12H2. The van der Waals surface area contributed by atoms with Crippen LogP contribution in [0.2, 0.25) is 0 Å². The SMILES string of the molecule is OCC1=CC2(CCCCC2)C(NC2CCC(F)(F)CC2)=C1. The Kier molecular flexibility index (Phi) is 4.08. The Hall–Kier alpha value is -0.900. The van der Waals surface area contributed by atoms with E-state index in [1.54, 1.807) is 0 Å². The summed E-state index contributed by atoms with van der Waals surface area (Å²) in [5.41, 5.74) is 2.18. The summed E-state index contributed by atoms with van der Waals surface area (Å²) in [6.07, 6.45) is 11.2. The molecule has 0 aliphatic heterocycles. The first-order chi connectivity index (χ1) is 10.0. The highest BCUT2D eigenvalue weighted by Crippen LogP contribution is 2.47. The minimum absolute atomic E-state index is 0.00870. The highest BCUT2D eigenvalue weighted by molar-refractivity contribution is 5.40. The van der Waals surface area contributed by atoms with Gasteiger partial charge < -0.3 is 10.4 Å². The zero-order chi connectivity index (χ0) is 14.9. The van der Waals surface area contributed by atoms with E-state index in [-0.39, 0.29) is 30.9 Å². The molecular formula is C17H25F2NO. The van der Waals surface area contributed by atoms with Gasteiger partial charge in [0.1, 0.15) is 0 Å². The van der Waals surface area contributed by atoms with Crippen LogP contribution in [-0.4, -0.2) is 23.7 Å². The molecule has 0 aromatic rings. The highest BCUT2D eigenvalue weighted by atomic mass is 19.3. The first-order valence-corrected chi connectivity index (χ1v) is 8.22. The van der Waals surface area contributed by atoms with E-state index >= 15 is 0 Å². The minimum atomic E-state index is -2.47. The molecule has 2 N–H and O–H groups in total. The Morgan fingerprint density at radius 1 is 1.10 bits per heavy atom. The predicted octanol–water partition coefficient (Wildman–Crippen LogP) is 3.92. The third-order valence-electron chi connectivity index (χ3n) is 5.33. The van der Waals surface area contributed by atoms with E-state index in [9.17, 15) is 13.9 Å². The molecule has 2 saturated carbocycles. The van der Waals surface area contributed by atoms with E-state index in [2.05, 4.69) is 17.5 Å². The monoisotopic (exact) mass is 297 g/mol. The van der Waals surface area contributed by atoms with E-state index in [4.69, 9.17) is 0 Å². The molecule has 0 aromatic carbocycles. The molecule has 0 radical (unpaired) electrons. The number of halogens is 2. The van der Waals surface area contributed by atoms with Crippen molar-refractivity contribution < 1.29 is 13.9 Å². The average molecular weight is 297 g/mol. The largest absolute Gasteiger partial charge is 0.392 e. The molecule has 118 valence electrons. The van der Waals surface area contributed by atoms with Crippen LogP contribution >= 0.6 is 0 Å². The summed E-state index contributed by atoms with van der Waals surface area (Å²) in [6, 6.07) is 0.154. The van der Waals surface area contributed by atoms with Gasteiger partial charge in [-0.25, -0.2) is 8.78 Å². The molecule has 3 aliphatic carbocycles. The van der Waals surface area contributed by atoms with Gasteiger partial charge in [-0.1, -0.05) is 25.3 Å². The van der Waals surface area contributed by atoms with Gasteiger partial charge in [0.25, 0.3) is 0 Å². The first-order valence-electron chi connectivity index (χ1n) is 8.22. The molecule has 0 saturated heterocycles. The summed E-state index contributed by atoms with van der Waals surface area (Å²) in [6.45, 7) is 0.0651. The van der Waals surface area contributed by atoms with E-state index in [1.807, 2.05) is 0 Å². The van der Waals surface area contributed by atoms with Crippen molar-refractivity contribution in [3.8, 4) is 0 Å². The molecule has 0 atom stereocenters. The number of hydrogen-bond donors (Lipinski definition) is 2. The summed E-state index contributed by atoms with van der Waals surface area (Å²) in [7, 11) is 0. The third kappa shape index (κ3) is 3.15. The lowest BCUT2D eigenvalue weighted by molar-refractivity contribution is -0.0400. The van der Waals surface area contributed by atoms with Gasteiger partial charge in [0.05, 0.1) is 6.61 Å². The Bertz CT molecular complexity index is 440. The predicted molar refractivity (Wildman–Crippen MR) is 79.1 cm³/mol. The van der Waals surface area contributed by atoms with Crippen molar-refractivity contribution in [3.05, 3.63) is 23.4 Å². The van der Waals surface area contributed by atoms with Gasteiger partial charge in [0, 0.05) is 30.0 Å². The van der Waals surface area contributed by atoms with Crippen LogP contribution in [-0.2, 0) is 0 Å². The molecule has 4 heteroatoms. The zero-order valence-corrected chi connectivity index (χ0v) is 12.5.